The van der Waals surface area contributed by atoms with E-state index in [-0.39, 0.29) is 19.1 Å². The molecule has 5 heteroatoms. The smallest absolute Gasteiger partial charge is 0.0999 e. The lowest BCUT2D eigenvalue weighted by Gasteiger charge is -2.16. The molecule has 0 aliphatic carbocycles. The topological polar surface area (TPSA) is 74.7 Å². The third kappa shape index (κ3) is 3.54. The Labute approximate surface area is 108 Å². The maximum atomic E-state index is 9.37. The molecule has 1 aromatic rings. The molecular weight excluding hydrogens is 228 g/mol. The quantitative estimate of drug-likeness (QED) is 0.801. The van der Waals surface area contributed by atoms with Gasteiger partial charge in [-0.05, 0) is 25.2 Å². The Morgan fingerprint density at radius 3 is 2.67 bits per heavy atom. The van der Waals surface area contributed by atoms with Crippen molar-refractivity contribution >= 4 is 0 Å². The van der Waals surface area contributed by atoms with Gasteiger partial charge in [0.1, 0.15) is 0 Å². The van der Waals surface area contributed by atoms with E-state index in [0.717, 1.165) is 30.7 Å². The molecule has 5 nitrogen and oxygen atoms in total. The number of rotatable bonds is 7. The van der Waals surface area contributed by atoms with E-state index in [1.54, 1.807) is 4.68 Å². The third-order valence-electron chi connectivity index (χ3n) is 3.10. The Morgan fingerprint density at radius 2 is 2.17 bits per heavy atom. The molecule has 0 aromatic carbocycles. The number of hydrogen-bond donors (Lipinski definition) is 1. The first-order valence-corrected chi connectivity index (χ1v) is 6.54. The van der Waals surface area contributed by atoms with Crippen LogP contribution >= 0.6 is 0 Å². The molecule has 0 saturated heterocycles. The molecule has 0 radical (unpaired) electrons. The van der Waals surface area contributed by atoms with Gasteiger partial charge in [0.15, 0.2) is 0 Å². The average Bonchev–Trinajstić information content (AvgIpc) is 2.72. The number of hydrogen-bond acceptors (Lipinski definition) is 4. The largest absolute Gasteiger partial charge is 0.394 e. The summed E-state index contributed by atoms with van der Waals surface area (Å²) in [5.74, 6) is 0.595. The summed E-state index contributed by atoms with van der Waals surface area (Å²) in [7, 11) is 0. The minimum Gasteiger partial charge on any atom is -0.394 e. The number of aliphatic hydroxyl groups is 1. The number of nitriles is 1. The van der Waals surface area contributed by atoms with Gasteiger partial charge in [-0.2, -0.15) is 5.26 Å². The molecule has 0 saturated carbocycles. The first-order valence-electron chi connectivity index (χ1n) is 6.54. The SMILES string of the molecule is CCC(CO)n1nnc(CC#N)c1CCC(C)C. The lowest BCUT2D eigenvalue weighted by Crippen LogP contribution is -2.17. The van der Waals surface area contributed by atoms with Crippen LogP contribution in [0.3, 0.4) is 0 Å². The second-order valence-electron chi connectivity index (χ2n) is 4.94. The molecule has 0 amide bonds. The second kappa shape index (κ2) is 7.12. The van der Waals surface area contributed by atoms with Gasteiger partial charge in [-0.15, -0.1) is 5.10 Å². The predicted molar refractivity (Wildman–Crippen MR) is 68.9 cm³/mol. The normalized spacial score (nSPS) is 12.7. The fraction of sp³-hybridized carbons (Fsp3) is 0.769. The zero-order valence-electron chi connectivity index (χ0n) is 11.4. The Balaban J connectivity index is 2.98. The Hall–Kier alpha value is -1.41. The van der Waals surface area contributed by atoms with Gasteiger partial charge in [0.05, 0.1) is 36.5 Å². The van der Waals surface area contributed by atoms with E-state index >= 15 is 0 Å². The van der Waals surface area contributed by atoms with Crippen molar-refractivity contribution in [2.75, 3.05) is 6.61 Å². The van der Waals surface area contributed by atoms with Crippen LogP contribution in [0.15, 0.2) is 0 Å². The standard InChI is InChI=1S/C13H22N4O/c1-4-11(9-18)17-13(6-5-10(2)3)12(7-8-14)15-16-17/h10-11,18H,4-7,9H2,1-3H3. The highest BCUT2D eigenvalue weighted by Gasteiger charge is 2.18. The molecule has 1 heterocycles. The number of nitrogens with zero attached hydrogens (tertiary/aromatic N) is 4. The van der Waals surface area contributed by atoms with Crippen molar-refractivity contribution in [3.63, 3.8) is 0 Å². The highest BCUT2D eigenvalue weighted by molar-refractivity contribution is 5.15. The van der Waals surface area contributed by atoms with Crippen LogP contribution in [0.1, 0.15) is 51.0 Å². The monoisotopic (exact) mass is 250 g/mol. The van der Waals surface area contributed by atoms with E-state index < -0.39 is 0 Å². The summed E-state index contributed by atoms with van der Waals surface area (Å²) in [6.07, 6.45) is 2.99. The molecule has 1 rings (SSSR count). The molecule has 1 N–H and O–H groups in total. The molecule has 0 spiro atoms. The molecule has 0 fully saturated rings. The van der Waals surface area contributed by atoms with Crippen LogP contribution < -0.4 is 0 Å². The van der Waals surface area contributed by atoms with Crippen molar-refractivity contribution in [3.05, 3.63) is 11.4 Å². The van der Waals surface area contributed by atoms with Gasteiger partial charge < -0.3 is 5.11 Å². The minimum absolute atomic E-state index is 0.0351. The molecule has 0 bridgehead atoms. The fourth-order valence-electron chi connectivity index (χ4n) is 1.92. The van der Waals surface area contributed by atoms with Gasteiger partial charge in [-0.25, -0.2) is 4.68 Å². The molecule has 1 unspecified atom stereocenters. The van der Waals surface area contributed by atoms with Crippen LogP contribution in [-0.2, 0) is 12.8 Å². The van der Waals surface area contributed by atoms with Gasteiger partial charge in [0, 0.05) is 0 Å². The van der Waals surface area contributed by atoms with Crippen LogP contribution in [0, 0.1) is 17.2 Å². The van der Waals surface area contributed by atoms with Crippen LogP contribution in [-0.4, -0.2) is 26.7 Å². The Bertz CT molecular complexity index is 402. The summed E-state index contributed by atoms with van der Waals surface area (Å²) < 4.78 is 1.80. The van der Waals surface area contributed by atoms with Gasteiger partial charge in [-0.3, -0.25) is 0 Å². The molecule has 0 aliphatic heterocycles. The first-order chi connectivity index (χ1) is 8.63. The average molecular weight is 250 g/mol. The summed E-state index contributed by atoms with van der Waals surface area (Å²) in [4.78, 5) is 0. The zero-order valence-corrected chi connectivity index (χ0v) is 11.4. The molecule has 18 heavy (non-hydrogen) atoms. The fourth-order valence-corrected chi connectivity index (χ4v) is 1.92. The van der Waals surface area contributed by atoms with Crippen molar-refractivity contribution < 1.29 is 5.11 Å². The predicted octanol–water partition coefficient (Wildman–Crippen LogP) is 1.88. The first kappa shape index (κ1) is 14.7. The zero-order chi connectivity index (χ0) is 13.5. The number of aliphatic hydroxyl groups excluding tert-OH is 1. The van der Waals surface area contributed by atoms with E-state index in [9.17, 15) is 5.11 Å². The summed E-state index contributed by atoms with van der Waals surface area (Å²) in [5.41, 5.74) is 1.76. The van der Waals surface area contributed by atoms with E-state index in [4.69, 9.17) is 5.26 Å². The van der Waals surface area contributed by atoms with Crippen LogP contribution in [0.2, 0.25) is 0 Å². The maximum absolute atomic E-state index is 9.37. The summed E-state index contributed by atoms with van der Waals surface area (Å²) >= 11 is 0. The summed E-state index contributed by atoms with van der Waals surface area (Å²) in [5, 5.41) is 26.4. The van der Waals surface area contributed by atoms with Crippen molar-refractivity contribution in [1.82, 2.24) is 15.0 Å². The van der Waals surface area contributed by atoms with Gasteiger partial charge in [0.2, 0.25) is 0 Å². The molecule has 1 aromatic heterocycles. The van der Waals surface area contributed by atoms with Crippen molar-refractivity contribution in [1.29, 1.82) is 5.26 Å². The minimum atomic E-state index is -0.0351. The van der Waals surface area contributed by atoms with Gasteiger partial charge in [0.25, 0.3) is 0 Å². The van der Waals surface area contributed by atoms with Crippen LogP contribution in [0.4, 0.5) is 0 Å². The van der Waals surface area contributed by atoms with E-state index in [1.165, 1.54) is 0 Å². The maximum Gasteiger partial charge on any atom is 0.0999 e. The Morgan fingerprint density at radius 1 is 1.44 bits per heavy atom. The molecule has 100 valence electrons. The van der Waals surface area contributed by atoms with E-state index in [1.807, 2.05) is 6.92 Å². The second-order valence-corrected chi connectivity index (χ2v) is 4.94. The Kier molecular flexibility index (Phi) is 5.79. The highest BCUT2D eigenvalue weighted by Crippen LogP contribution is 2.18. The van der Waals surface area contributed by atoms with Crippen molar-refractivity contribution in [2.45, 2.75) is 52.5 Å². The van der Waals surface area contributed by atoms with E-state index in [2.05, 4.69) is 30.2 Å². The lowest BCUT2D eigenvalue weighted by atomic mass is 10.0. The number of aromatic nitrogens is 3. The van der Waals surface area contributed by atoms with Crippen LogP contribution in [0.5, 0.6) is 0 Å². The molecular formula is C13H22N4O. The summed E-state index contributed by atoms with van der Waals surface area (Å²) in [6.45, 7) is 6.40. The van der Waals surface area contributed by atoms with Crippen molar-refractivity contribution in [3.8, 4) is 6.07 Å². The van der Waals surface area contributed by atoms with Gasteiger partial charge in [-0.1, -0.05) is 26.0 Å². The van der Waals surface area contributed by atoms with Gasteiger partial charge >= 0.3 is 0 Å². The highest BCUT2D eigenvalue weighted by atomic mass is 16.3. The summed E-state index contributed by atoms with van der Waals surface area (Å²) in [6, 6.07) is 2.09. The molecule has 1 atom stereocenters. The third-order valence-corrected chi connectivity index (χ3v) is 3.10. The van der Waals surface area contributed by atoms with E-state index in [0.29, 0.717) is 5.92 Å². The van der Waals surface area contributed by atoms with Crippen molar-refractivity contribution in [2.24, 2.45) is 5.92 Å². The lowest BCUT2D eigenvalue weighted by molar-refractivity contribution is 0.209. The molecule has 0 aliphatic rings. The van der Waals surface area contributed by atoms with Crippen LogP contribution in [0.25, 0.3) is 0 Å².